The lowest BCUT2D eigenvalue weighted by Crippen LogP contribution is -2.59. The molecule has 3 nitrogen and oxygen atoms in total. The van der Waals surface area contributed by atoms with Crippen LogP contribution in [0.4, 0.5) is 0 Å². The van der Waals surface area contributed by atoms with Crippen molar-refractivity contribution >= 4 is 23.2 Å². The Morgan fingerprint density at radius 3 is 2.27 bits per heavy atom. The number of nitrogens with one attached hydrogen (secondary N) is 2. The maximum absolute atomic E-state index is 9.79. The number of rotatable bonds is 1. The third-order valence-corrected chi connectivity index (χ3v) is 3.27. The molecule has 1 aliphatic heterocycles. The van der Waals surface area contributed by atoms with Gasteiger partial charge in [-0.1, -0.05) is 24.3 Å². The number of alkyl halides is 2. The third kappa shape index (κ3) is 2.74. The van der Waals surface area contributed by atoms with Gasteiger partial charge < -0.3 is 5.11 Å². The standard InChI is InChI=1S/C10H14Cl2N2O/c11-8-5-9(12)14-10(13-8)6-3-1-2-4-7(6)15/h1-4,6-10,13-15H,5H2. The molecule has 1 fully saturated rings. The van der Waals surface area contributed by atoms with Crippen LogP contribution in [-0.4, -0.2) is 28.4 Å². The van der Waals surface area contributed by atoms with Gasteiger partial charge in [-0.05, 0) is 0 Å². The SMILES string of the molecule is OC1C=CC=CC1C1NC(Cl)CC(Cl)N1. The first-order valence-electron chi connectivity index (χ1n) is 5.00. The monoisotopic (exact) mass is 248 g/mol. The van der Waals surface area contributed by atoms with Crippen LogP contribution in [0.15, 0.2) is 24.3 Å². The van der Waals surface area contributed by atoms with Crippen molar-refractivity contribution in [1.29, 1.82) is 0 Å². The fourth-order valence-electron chi connectivity index (χ4n) is 1.90. The molecule has 0 bridgehead atoms. The average molecular weight is 249 g/mol. The summed E-state index contributed by atoms with van der Waals surface area (Å²) in [5, 5.41) is 16.1. The minimum Gasteiger partial charge on any atom is -0.388 e. The molecule has 15 heavy (non-hydrogen) atoms. The van der Waals surface area contributed by atoms with E-state index < -0.39 is 6.10 Å². The first-order chi connectivity index (χ1) is 7.16. The highest BCUT2D eigenvalue weighted by Gasteiger charge is 2.32. The van der Waals surface area contributed by atoms with Gasteiger partial charge in [-0.3, -0.25) is 10.6 Å². The Morgan fingerprint density at radius 1 is 1.07 bits per heavy atom. The molecule has 0 amide bonds. The Hall–Kier alpha value is -0.0600. The molecule has 84 valence electrons. The Kier molecular flexibility index (Phi) is 3.69. The predicted molar refractivity (Wildman–Crippen MR) is 61.7 cm³/mol. The lowest BCUT2D eigenvalue weighted by molar-refractivity contribution is 0.126. The van der Waals surface area contributed by atoms with Gasteiger partial charge in [-0.25, -0.2) is 0 Å². The van der Waals surface area contributed by atoms with E-state index in [1.165, 1.54) is 0 Å². The summed E-state index contributed by atoms with van der Waals surface area (Å²) in [5.74, 6) is -0.0298. The molecule has 3 N–H and O–H groups in total. The topological polar surface area (TPSA) is 44.3 Å². The van der Waals surface area contributed by atoms with E-state index in [1.807, 2.05) is 18.2 Å². The van der Waals surface area contributed by atoms with E-state index in [1.54, 1.807) is 6.08 Å². The molecule has 4 atom stereocenters. The smallest absolute Gasteiger partial charge is 0.0864 e. The third-order valence-electron chi connectivity index (χ3n) is 2.67. The molecular weight excluding hydrogens is 235 g/mol. The summed E-state index contributed by atoms with van der Waals surface area (Å²) in [4.78, 5) is 0. The van der Waals surface area contributed by atoms with Crippen LogP contribution >= 0.6 is 23.2 Å². The van der Waals surface area contributed by atoms with Crippen molar-refractivity contribution in [3.8, 4) is 0 Å². The first kappa shape index (κ1) is 11.4. The van der Waals surface area contributed by atoms with Crippen LogP contribution in [0.1, 0.15) is 6.42 Å². The molecule has 0 radical (unpaired) electrons. The quantitative estimate of drug-likeness (QED) is 0.482. The highest BCUT2D eigenvalue weighted by molar-refractivity contribution is 6.23. The molecule has 4 unspecified atom stereocenters. The molecule has 0 spiro atoms. The lowest BCUT2D eigenvalue weighted by Gasteiger charge is -2.37. The summed E-state index contributed by atoms with van der Waals surface area (Å²) in [7, 11) is 0. The van der Waals surface area contributed by atoms with E-state index in [2.05, 4.69) is 10.6 Å². The lowest BCUT2D eigenvalue weighted by atomic mass is 9.93. The Bertz CT molecular complexity index is 273. The molecule has 5 heteroatoms. The zero-order valence-electron chi connectivity index (χ0n) is 8.11. The molecule has 1 saturated heterocycles. The van der Waals surface area contributed by atoms with E-state index >= 15 is 0 Å². The normalized spacial score (nSPS) is 45.7. The molecule has 0 aromatic rings. The van der Waals surface area contributed by atoms with Crippen molar-refractivity contribution in [1.82, 2.24) is 10.6 Å². The number of hydrogen-bond donors (Lipinski definition) is 3. The van der Waals surface area contributed by atoms with Gasteiger partial charge in [0, 0.05) is 12.3 Å². The van der Waals surface area contributed by atoms with Crippen molar-refractivity contribution in [3.05, 3.63) is 24.3 Å². The predicted octanol–water partition coefficient (Wildman–Crippen LogP) is 1.13. The van der Waals surface area contributed by atoms with Crippen LogP contribution in [0, 0.1) is 5.92 Å². The van der Waals surface area contributed by atoms with E-state index in [-0.39, 0.29) is 23.1 Å². The van der Waals surface area contributed by atoms with Crippen molar-refractivity contribution < 1.29 is 5.11 Å². The summed E-state index contributed by atoms with van der Waals surface area (Å²) in [6.07, 6.45) is 7.55. The highest BCUT2D eigenvalue weighted by atomic mass is 35.5. The molecule has 1 aliphatic carbocycles. The number of aliphatic hydroxyl groups is 1. The van der Waals surface area contributed by atoms with Gasteiger partial charge in [-0.15, -0.1) is 23.2 Å². The van der Waals surface area contributed by atoms with Crippen LogP contribution in [0.3, 0.4) is 0 Å². The van der Waals surface area contributed by atoms with E-state index in [0.717, 1.165) is 0 Å². The summed E-state index contributed by atoms with van der Waals surface area (Å²) < 4.78 is 0. The number of allylic oxidation sites excluding steroid dienone is 2. The first-order valence-corrected chi connectivity index (χ1v) is 5.87. The largest absolute Gasteiger partial charge is 0.388 e. The van der Waals surface area contributed by atoms with Gasteiger partial charge in [0.2, 0.25) is 0 Å². The van der Waals surface area contributed by atoms with Gasteiger partial charge in [0.05, 0.1) is 23.3 Å². The van der Waals surface area contributed by atoms with Crippen molar-refractivity contribution in [2.45, 2.75) is 29.7 Å². The van der Waals surface area contributed by atoms with Crippen LogP contribution in [0.5, 0.6) is 0 Å². The second-order valence-corrected chi connectivity index (χ2v) is 4.87. The Morgan fingerprint density at radius 2 is 1.67 bits per heavy atom. The molecular formula is C10H14Cl2N2O. The minimum absolute atomic E-state index is 0.0298. The van der Waals surface area contributed by atoms with E-state index in [0.29, 0.717) is 6.42 Å². The molecule has 0 saturated carbocycles. The van der Waals surface area contributed by atoms with Gasteiger partial charge in [0.15, 0.2) is 0 Å². The van der Waals surface area contributed by atoms with Gasteiger partial charge >= 0.3 is 0 Å². The summed E-state index contributed by atoms with van der Waals surface area (Å²) >= 11 is 12.0. The van der Waals surface area contributed by atoms with E-state index in [4.69, 9.17) is 23.2 Å². The van der Waals surface area contributed by atoms with Gasteiger partial charge in [0.25, 0.3) is 0 Å². The van der Waals surface area contributed by atoms with Crippen LogP contribution in [-0.2, 0) is 0 Å². The fraction of sp³-hybridized carbons (Fsp3) is 0.600. The maximum atomic E-state index is 9.79. The number of aliphatic hydroxyl groups excluding tert-OH is 1. The average Bonchev–Trinajstić information content (AvgIpc) is 2.16. The maximum Gasteiger partial charge on any atom is 0.0864 e. The Balaban J connectivity index is 2.03. The van der Waals surface area contributed by atoms with Crippen LogP contribution in [0.2, 0.25) is 0 Å². The second-order valence-electron chi connectivity index (χ2n) is 3.82. The highest BCUT2D eigenvalue weighted by Crippen LogP contribution is 2.22. The van der Waals surface area contributed by atoms with Crippen LogP contribution in [0.25, 0.3) is 0 Å². The summed E-state index contributed by atoms with van der Waals surface area (Å²) in [6.45, 7) is 0. The molecule has 2 rings (SSSR count). The molecule has 0 aromatic heterocycles. The molecule has 2 aliphatic rings. The zero-order valence-corrected chi connectivity index (χ0v) is 9.62. The second kappa shape index (κ2) is 4.85. The fourth-order valence-corrected chi connectivity index (χ4v) is 2.62. The zero-order chi connectivity index (χ0) is 10.8. The van der Waals surface area contributed by atoms with Crippen molar-refractivity contribution in [2.75, 3.05) is 0 Å². The van der Waals surface area contributed by atoms with E-state index in [9.17, 15) is 5.11 Å². The van der Waals surface area contributed by atoms with Gasteiger partial charge in [0.1, 0.15) is 0 Å². The van der Waals surface area contributed by atoms with Gasteiger partial charge in [-0.2, -0.15) is 0 Å². The summed E-state index contributed by atoms with van der Waals surface area (Å²) in [5.41, 5.74) is -0.296. The number of hydrogen-bond acceptors (Lipinski definition) is 3. The van der Waals surface area contributed by atoms with Crippen LogP contribution < -0.4 is 10.6 Å². The summed E-state index contributed by atoms with van der Waals surface area (Å²) in [6, 6.07) is 0. The minimum atomic E-state index is -0.495. The van der Waals surface area contributed by atoms with Crippen molar-refractivity contribution in [3.63, 3.8) is 0 Å². The number of halogens is 2. The molecule has 0 aromatic carbocycles. The molecule has 1 heterocycles. The van der Waals surface area contributed by atoms with Crippen molar-refractivity contribution in [2.24, 2.45) is 5.92 Å². The Labute approximate surface area is 99.1 Å².